The van der Waals surface area contributed by atoms with Crippen LogP contribution in [-0.2, 0) is 6.42 Å². The molecule has 0 aliphatic rings. The summed E-state index contributed by atoms with van der Waals surface area (Å²) in [5, 5.41) is 0. The molecule has 0 spiro atoms. The van der Waals surface area contributed by atoms with Crippen LogP contribution in [0.2, 0.25) is 0 Å². The van der Waals surface area contributed by atoms with Crippen LogP contribution >= 0.6 is 27.3 Å². The number of aryl methyl sites for hydroxylation is 1. The lowest BCUT2D eigenvalue weighted by Crippen LogP contribution is -2.09. The van der Waals surface area contributed by atoms with E-state index in [-0.39, 0.29) is 6.04 Å². The highest BCUT2D eigenvalue weighted by Gasteiger charge is 2.10. The predicted molar refractivity (Wildman–Crippen MR) is 83.1 cm³/mol. The molecule has 1 nitrogen and oxygen atoms in total. The Hall–Kier alpha value is -0.640. The van der Waals surface area contributed by atoms with Gasteiger partial charge in [-0.2, -0.15) is 0 Å². The Balaban J connectivity index is 2.09. The minimum absolute atomic E-state index is 0.0125. The van der Waals surface area contributed by atoms with Crippen LogP contribution in [0.15, 0.2) is 40.2 Å². The van der Waals surface area contributed by atoms with Gasteiger partial charge in [-0.1, -0.05) is 37.6 Å². The quantitative estimate of drug-likeness (QED) is 0.831. The minimum Gasteiger partial charge on any atom is -0.320 e. The molecule has 0 bridgehead atoms. The minimum atomic E-state index is -0.0125. The molecule has 3 heteroatoms. The number of benzene rings is 1. The van der Waals surface area contributed by atoms with Crippen LogP contribution < -0.4 is 5.73 Å². The standard InChI is InChI=1S/C15H18BrNS/c1-2-3-4-11-5-7-12(8-6-11)15(17)13-9-10-14(16)18-13/h5-10,15H,2-4,17H2,1H3. The molecule has 0 amide bonds. The fourth-order valence-corrected chi connectivity index (χ4v) is 3.39. The van der Waals surface area contributed by atoms with Crippen molar-refractivity contribution >= 4 is 27.3 Å². The van der Waals surface area contributed by atoms with Gasteiger partial charge in [-0.3, -0.25) is 0 Å². The van der Waals surface area contributed by atoms with Gasteiger partial charge in [0.05, 0.1) is 9.83 Å². The number of hydrogen-bond donors (Lipinski definition) is 1. The second-order valence-corrected chi connectivity index (χ2v) is 6.96. The molecule has 0 saturated carbocycles. The molecule has 2 aromatic rings. The van der Waals surface area contributed by atoms with E-state index in [0.717, 1.165) is 10.2 Å². The third-order valence-corrected chi connectivity index (χ3v) is 4.77. The van der Waals surface area contributed by atoms with Crippen LogP contribution in [0.5, 0.6) is 0 Å². The fourth-order valence-electron chi connectivity index (χ4n) is 1.93. The highest BCUT2D eigenvalue weighted by atomic mass is 79.9. The summed E-state index contributed by atoms with van der Waals surface area (Å²) in [5.41, 5.74) is 8.86. The molecule has 1 atom stereocenters. The van der Waals surface area contributed by atoms with E-state index in [0.29, 0.717) is 0 Å². The molecular formula is C15H18BrNS. The summed E-state index contributed by atoms with van der Waals surface area (Å²) in [6.07, 6.45) is 3.66. The van der Waals surface area contributed by atoms with Gasteiger partial charge in [-0.15, -0.1) is 11.3 Å². The van der Waals surface area contributed by atoms with Crippen LogP contribution in [0.1, 0.15) is 41.8 Å². The Bertz CT molecular complexity index is 489. The zero-order valence-corrected chi connectivity index (χ0v) is 12.9. The summed E-state index contributed by atoms with van der Waals surface area (Å²) in [4.78, 5) is 1.20. The smallest absolute Gasteiger partial charge is 0.0702 e. The van der Waals surface area contributed by atoms with Gasteiger partial charge in [0.2, 0.25) is 0 Å². The molecule has 0 aliphatic carbocycles. The SMILES string of the molecule is CCCCc1ccc(C(N)c2ccc(Br)s2)cc1. The normalized spacial score (nSPS) is 12.6. The van der Waals surface area contributed by atoms with Crippen molar-refractivity contribution in [1.82, 2.24) is 0 Å². The molecule has 2 rings (SSSR count). The largest absolute Gasteiger partial charge is 0.320 e. The summed E-state index contributed by atoms with van der Waals surface area (Å²) < 4.78 is 1.13. The number of halogens is 1. The number of thiophene rings is 1. The van der Waals surface area contributed by atoms with Crippen LogP contribution in [0.25, 0.3) is 0 Å². The lowest BCUT2D eigenvalue weighted by atomic mass is 10.0. The van der Waals surface area contributed by atoms with E-state index in [1.54, 1.807) is 11.3 Å². The topological polar surface area (TPSA) is 26.0 Å². The number of nitrogens with two attached hydrogens (primary N) is 1. The number of rotatable bonds is 5. The van der Waals surface area contributed by atoms with Crippen molar-refractivity contribution in [3.8, 4) is 0 Å². The zero-order chi connectivity index (χ0) is 13.0. The van der Waals surface area contributed by atoms with Crippen molar-refractivity contribution in [2.75, 3.05) is 0 Å². The third-order valence-electron chi connectivity index (χ3n) is 3.06. The van der Waals surface area contributed by atoms with Crippen LogP contribution in [0.4, 0.5) is 0 Å². The Morgan fingerprint density at radius 1 is 1.17 bits per heavy atom. The van der Waals surface area contributed by atoms with Gasteiger partial charge in [0, 0.05) is 4.88 Å². The Kier molecular flexibility index (Phi) is 4.98. The summed E-state index contributed by atoms with van der Waals surface area (Å²) in [6, 6.07) is 12.8. The maximum Gasteiger partial charge on any atom is 0.0702 e. The number of hydrogen-bond acceptors (Lipinski definition) is 2. The lowest BCUT2D eigenvalue weighted by Gasteiger charge is -2.10. The summed E-state index contributed by atoms with van der Waals surface area (Å²) >= 11 is 5.18. The highest BCUT2D eigenvalue weighted by Crippen LogP contribution is 2.29. The van der Waals surface area contributed by atoms with E-state index in [1.165, 1.54) is 28.8 Å². The first-order valence-electron chi connectivity index (χ1n) is 6.30. The van der Waals surface area contributed by atoms with E-state index < -0.39 is 0 Å². The van der Waals surface area contributed by atoms with Crippen LogP contribution in [0, 0.1) is 0 Å². The molecule has 0 aliphatic heterocycles. The van der Waals surface area contributed by atoms with E-state index in [1.807, 2.05) is 0 Å². The number of unbranched alkanes of at least 4 members (excludes halogenated alkanes) is 1. The summed E-state index contributed by atoms with van der Waals surface area (Å²) in [7, 11) is 0. The molecule has 1 heterocycles. The van der Waals surface area contributed by atoms with Crippen molar-refractivity contribution in [1.29, 1.82) is 0 Å². The Labute approximate surface area is 121 Å². The van der Waals surface area contributed by atoms with Gasteiger partial charge >= 0.3 is 0 Å². The van der Waals surface area contributed by atoms with E-state index >= 15 is 0 Å². The average molecular weight is 324 g/mol. The summed E-state index contributed by atoms with van der Waals surface area (Å²) in [5.74, 6) is 0. The third kappa shape index (κ3) is 3.44. The van der Waals surface area contributed by atoms with E-state index in [9.17, 15) is 0 Å². The molecule has 0 saturated heterocycles. The maximum absolute atomic E-state index is 6.27. The van der Waals surface area contributed by atoms with Gasteiger partial charge in [-0.25, -0.2) is 0 Å². The zero-order valence-electron chi connectivity index (χ0n) is 10.5. The average Bonchev–Trinajstić information content (AvgIpc) is 2.83. The van der Waals surface area contributed by atoms with Gasteiger partial charge in [-0.05, 0) is 52.0 Å². The fraction of sp³-hybridized carbons (Fsp3) is 0.333. The van der Waals surface area contributed by atoms with Crippen LogP contribution in [-0.4, -0.2) is 0 Å². The molecular weight excluding hydrogens is 306 g/mol. The molecule has 0 fully saturated rings. The maximum atomic E-state index is 6.27. The second kappa shape index (κ2) is 6.50. The lowest BCUT2D eigenvalue weighted by molar-refractivity contribution is 0.793. The van der Waals surface area contributed by atoms with Crippen molar-refractivity contribution in [2.24, 2.45) is 5.73 Å². The molecule has 18 heavy (non-hydrogen) atoms. The van der Waals surface area contributed by atoms with Gasteiger partial charge in [0.25, 0.3) is 0 Å². The van der Waals surface area contributed by atoms with Crippen molar-refractivity contribution < 1.29 is 0 Å². The highest BCUT2D eigenvalue weighted by molar-refractivity contribution is 9.11. The summed E-state index contributed by atoms with van der Waals surface area (Å²) in [6.45, 7) is 2.22. The first-order valence-corrected chi connectivity index (χ1v) is 7.91. The first-order chi connectivity index (χ1) is 8.70. The Morgan fingerprint density at radius 2 is 1.89 bits per heavy atom. The molecule has 1 aromatic carbocycles. The molecule has 0 radical (unpaired) electrons. The molecule has 96 valence electrons. The van der Waals surface area contributed by atoms with Crippen molar-refractivity contribution in [3.05, 3.63) is 56.2 Å². The van der Waals surface area contributed by atoms with Gasteiger partial charge in [0.15, 0.2) is 0 Å². The van der Waals surface area contributed by atoms with Gasteiger partial charge < -0.3 is 5.73 Å². The molecule has 1 unspecified atom stereocenters. The van der Waals surface area contributed by atoms with Crippen molar-refractivity contribution in [3.63, 3.8) is 0 Å². The second-order valence-electron chi connectivity index (χ2n) is 4.46. The van der Waals surface area contributed by atoms with Crippen LogP contribution in [0.3, 0.4) is 0 Å². The molecule has 2 N–H and O–H groups in total. The first kappa shape index (κ1) is 13.8. The van der Waals surface area contributed by atoms with E-state index in [4.69, 9.17) is 5.73 Å². The monoisotopic (exact) mass is 323 g/mol. The van der Waals surface area contributed by atoms with Crippen molar-refractivity contribution in [2.45, 2.75) is 32.2 Å². The molecule has 1 aromatic heterocycles. The predicted octanol–water partition coefficient (Wildman–Crippen LogP) is 4.90. The Morgan fingerprint density at radius 3 is 2.44 bits per heavy atom. The van der Waals surface area contributed by atoms with Gasteiger partial charge in [0.1, 0.15) is 0 Å². The van der Waals surface area contributed by atoms with E-state index in [2.05, 4.69) is 59.3 Å².